The molecule has 31 heavy (non-hydrogen) atoms. The van der Waals surface area contributed by atoms with Crippen molar-refractivity contribution in [3.8, 4) is 17.0 Å². The number of carbonyl (C=O) groups excluding carboxylic acids is 1. The van der Waals surface area contributed by atoms with E-state index in [1.54, 1.807) is 7.11 Å². The number of ether oxygens (including phenoxy) is 1. The number of carbonyl (C=O) groups is 1. The Morgan fingerprint density at radius 1 is 1.10 bits per heavy atom. The Morgan fingerprint density at radius 2 is 1.74 bits per heavy atom. The van der Waals surface area contributed by atoms with Gasteiger partial charge in [0.2, 0.25) is 0 Å². The predicted molar refractivity (Wildman–Crippen MR) is 131 cm³/mol. The Hall–Kier alpha value is -2.34. The summed E-state index contributed by atoms with van der Waals surface area (Å²) >= 11 is 0. The maximum absolute atomic E-state index is 13.4. The molecule has 1 saturated heterocycles. The number of pyridine rings is 1. The van der Waals surface area contributed by atoms with Crippen molar-refractivity contribution >= 4 is 41.6 Å². The first-order valence-corrected chi connectivity index (χ1v) is 10.2. The summed E-state index contributed by atoms with van der Waals surface area (Å²) in [5, 5.41) is 0.893. The summed E-state index contributed by atoms with van der Waals surface area (Å²) in [6, 6.07) is 17.7. The molecular weight excluding hydrogens is 433 g/mol. The van der Waals surface area contributed by atoms with E-state index in [-0.39, 0.29) is 36.8 Å². The van der Waals surface area contributed by atoms with Crippen molar-refractivity contribution in [1.82, 2.24) is 9.88 Å². The second-order valence-electron chi connectivity index (χ2n) is 7.79. The highest BCUT2D eigenvalue weighted by molar-refractivity contribution is 6.07. The van der Waals surface area contributed by atoms with Crippen molar-refractivity contribution in [3.05, 3.63) is 60.2 Å². The molecule has 1 aliphatic rings. The number of methoxy groups -OCH3 is 1. The predicted octanol–water partition coefficient (Wildman–Crippen LogP) is 4.95. The third-order valence-electron chi connectivity index (χ3n) is 5.90. The van der Waals surface area contributed by atoms with Gasteiger partial charge in [0.1, 0.15) is 5.75 Å². The van der Waals surface area contributed by atoms with Crippen molar-refractivity contribution in [3.63, 3.8) is 0 Å². The van der Waals surface area contributed by atoms with E-state index < -0.39 is 0 Å². The normalized spacial score (nSPS) is 15.0. The van der Waals surface area contributed by atoms with Crippen LogP contribution >= 0.6 is 24.8 Å². The Morgan fingerprint density at radius 3 is 2.35 bits per heavy atom. The molecule has 1 atom stereocenters. The quantitative estimate of drug-likeness (QED) is 0.596. The van der Waals surface area contributed by atoms with Crippen molar-refractivity contribution < 1.29 is 9.53 Å². The molecule has 2 N–H and O–H groups in total. The maximum atomic E-state index is 13.4. The first-order valence-electron chi connectivity index (χ1n) is 10.2. The number of hydrogen-bond acceptors (Lipinski definition) is 4. The van der Waals surface area contributed by atoms with Gasteiger partial charge in [-0.05, 0) is 62.1 Å². The van der Waals surface area contributed by atoms with Crippen LogP contribution in [0.4, 0.5) is 0 Å². The molecule has 3 aromatic rings. The van der Waals surface area contributed by atoms with E-state index in [2.05, 4.69) is 6.92 Å². The first-order chi connectivity index (χ1) is 14.1. The van der Waals surface area contributed by atoms with E-state index in [0.29, 0.717) is 11.5 Å². The van der Waals surface area contributed by atoms with E-state index in [9.17, 15) is 4.79 Å². The monoisotopic (exact) mass is 461 g/mol. The fraction of sp³-hybridized carbons (Fsp3) is 0.333. The molecule has 1 fully saturated rings. The number of halogens is 2. The van der Waals surface area contributed by atoms with Gasteiger partial charge in [0.25, 0.3) is 5.91 Å². The van der Waals surface area contributed by atoms with Crippen LogP contribution in [0.5, 0.6) is 5.75 Å². The summed E-state index contributed by atoms with van der Waals surface area (Å²) in [6.07, 6.45) is 1.91. The van der Waals surface area contributed by atoms with Gasteiger partial charge in [0.15, 0.2) is 0 Å². The zero-order valence-corrected chi connectivity index (χ0v) is 19.4. The molecule has 1 aromatic heterocycles. The number of hydrogen-bond donors (Lipinski definition) is 1. The molecule has 2 heterocycles. The summed E-state index contributed by atoms with van der Waals surface area (Å²) in [6.45, 7) is 3.55. The van der Waals surface area contributed by atoms with Crippen LogP contribution in [0.2, 0.25) is 0 Å². The largest absolute Gasteiger partial charge is 0.497 e. The standard InChI is InChI=1S/C24H27N3O2.2ClH/c1-16(25)17-11-13-27(14-12-17)24(28)21-15-23(18-7-9-19(29-2)10-8-18)26-22-6-4-3-5-20(21)22;;/h3-10,15-17H,11-14,25H2,1-2H3;2*1H. The highest BCUT2D eigenvalue weighted by atomic mass is 35.5. The van der Waals surface area contributed by atoms with Crippen LogP contribution in [-0.4, -0.2) is 42.0 Å². The van der Waals surface area contributed by atoms with Crippen molar-refractivity contribution in [1.29, 1.82) is 0 Å². The van der Waals surface area contributed by atoms with E-state index in [4.69, 9.17) is 15.5 Å². The first kappa shape index (κ1) is 24.9. The Labute approximate surface area is 195 Å². The number of nitrogens with zero attached hydrogens (tertiary/aromatic N) is 2. The number of piperidine rings is 1. The van der Waals surface area contributed by atoms with E-state index >= 15 is 0 Å². The lowest BCUT2D eigenvalue weighted by Gasteiger charge is -2.34. The van der Waals surface area contributed by atoms with Gasteiger partial charge in [-0.25, -0.2) is 4.98 Å². The van der Waals surface area contributed by atoms with Crippen LogP contribution in [0.3, 0.4) is 0 Å². The minimum atomic E-state index is 0. The minimum Gasteiger partial charge on any atom is -0.497 e. The SMILES string of the molecule is COc1ccc(-c2cc(C(=O)N3CCC(C(C)N)CC3)c3ccccc3n2)cc1.Cl.Cl. The van der Waals surface area contributed by atoms with Gasteiger partial charge in [-0.15, -0.1) is 24.8 Å². The van der Waals surface area contributed by atoms with Gasteiger partial charge in [-0.2, -0.15) is 0 Å². The summed E-state index contributed by atoms with van der Waals surface area (Å²) in [7, 11) is 1.65. The van der Waals surface area contributed by atoms with Gasteiger partial charge in [0.05, 0.1) is 23.9 Å². The molecule has 1 aliphatic heterocycles. The van der Waals surface area contributed by atoms with Crippen LogP contribution in [-0.2, 0) is 0 Å². The lowest BCUT2D eigenvalue weighted by Crippen LogP contribution is -2.42. The topological polar surface area (TPSA) is 68.5 Å². The molecule has 5 nitrogen and oxygen atoms in total. The Balaban J connectivity index is 0.00000171. The van der Waals surface area contributed by atoms with Crippen LogP contribution in [0.25, 0.3) is 22.2 Å². The summed E-state index contributed by atoms with van der Waals surface area (Å²) in [5.74, 6) is 1.35. The molecule has 7 heteroatoms. The molecule has 4 rings (SSSR count). The highest BCUT2D eigenvalue weighted by Crippen LogP contribution is 2.28. The van der Waals surface area contributed by atoms with Crippen LogP contribution in [0, 0.1) is 5.92 Å². The Bertz CT molecular complexity index is 1020. The van der Waals surface area contributed by atoms with Gasteiger partial charge < -0.3 is 15.4 Å². The molecule has 0 radical (unpaired) electrons. The third kappa shape index (κ3) is 5.29. The number of fused-ring (bicyclic) bond motifs is 1. The molecule has 0 bridgehead atoms. The van der Waals surface area contributed by atoms with Crippen molar-refractivity contribution in [2.45, 2.75) is 25.8 Å². The zero-order chi connectivity index (χ0) is 20.4. The highest BCUT2D eigenvalue weighted by Gasteiger charge is 2.26. The molecule has 1 amide bonds. The van der Waals surface area contributed by atoms with Crippen molar-refractivity contribution in [2.24, 2.45) is 11.7 Å². The average Bonchev–Trinajstić information content (AvgIpc) is 2.78. The number of amides is 1. The van der Waals surface area contributed by atoms with Gasteiger partial charge >= 0.3 is 0 Å². The molecule has 1 unspecified atom stereocenters. The third-order valence-corrected chi connectivity index (χ3v) is 5.90. The maximum Gasteiger partial charge on any atom is 0.254 e. The fourth-order valence-electron chi connectivity index (χ4n) is 4.06. The summed E-state index contributed by atoms with van der Waals surface area (Å²) in [4.78, 5) is 20.2. The van der Waals surface area contributed by atoms with Crippen molar-refractivity contribution in [2.75, 3.05) is 20.2 Å². The fourth-order valence-corrected chi connectivity index (χ4v) is 4.06. The number of nitrogens with two attached hydrogens (primary N) is 1. The van der Waals surface area contributed by atoms with E-state index in [0.717, 1.165) is 53.8 Å². The number of para-hydroxylation sites is 1. The van der Waals surface area contributed by atoms with E-state index in [1.165, 1.54) is 0 Å². The molecule has 0 aliphatic carbocycles. The summed E-state index contributed by atoms with van der Waals surface area (Å²) < 4.78 is 5.25. The molecule has 0 saturated carbocycles. The number of benzene rings is 2. The number of aromatic nitrogens is 1. The second-order valence-corrected chi connectivity index (χ2v) is 7.79. The molecule has 2 aromatic carbocycles. The van der Waals surface area contributed by atoms with Gasteiger partial charge in [0, 0.05) is 30.1 Å². The summed E-state index contributed by atoms with van der Waals surface area (Å²) in [5.41, 5.74) is 9.35. The lowest BCUT2D eigenvalue weighted by atomic mass is 9.90. The van der Waals surface area contributed by atoms with E-state index in [1.807, 2.05) is 59.5 Å². The lowest BCUT2D eigenvalue weighted by molar-refractivity contribution is 0.0683. The molecule has 0 spiro atoms. The Kier molecular flexibility index (Phi) is 8.69. The average molecular weight is 462 g/mol. The van der Waals surface area contributed by atoms with Crippen LogP contribution in [0.15, 0.2) is 54.6 Å². The van der Waals surface area contributed by atoms with Crippen LogP contribution in [0.1, 0.15) is 30.1 Å². The van der Waals surface area contributed by atoms with Gasteiger partial charge in [-0.1, -0.05) is 18.2 Å². The van der Waals surface area contributed by atoms with Gasteiger partial charge in [-0.3, -0.25) is 4.79 Å². The molecular formula is C24H29Cl2N3O2. The smallest absolute Gasteiger partial charge is 0.254 e. The number of likely N-dealkylation sites (tertiary alicyclic amines) is 1. The second kappa shape index (κ2) is 10.8. The van der Waals surface area contributed by atoms with Crippen LogP contribution < -0.4 is 10.5 Å². The molecule has 166 valence electrons. The minimum absolute atomic E-state index is 0. The zero-order valence-electron chi connectivity index (χ0n) is 17.8. The number of rotatable bonds is 4.